The molecule has 0 aliphatic carbocycles. The van der Waals surface area contributed by atoms with Crippen LogP contribution in [0.2, 0.25) is 0 Å². The van der Waals surface area contributed by atoms with E-state index in [4.69, 9.17) is 5.73 Å². The Morgan fingerprint density at radius 2 is 2.12 bits per heavy atom. The van der Waals surface area contributed by atoms with Crippen molar-refractivity contribution in [2.75, 3.05) is 5.75 Å². The van der Waals surface area contributed by atoms with E-state index in [1.807, 2.05) is 6.92 Å². The third-order valence-corrected chi connectivity index (χ3v) is 3.15. The monoisotopic (exact) mass is 264 g/mol. The summed E-state index contributed by atoms with van der Waals surface area (Å²) in [6, 6.07) is 2.62. The van der Waals surface area contributed by atoms with E-state index in [-0.39, 0.29) is 6.04 Å². The van der Waals surface area contributed by atoms with Crippen molar-refractivity contribution in [3.8, 4) is 0 Å². The van der Waals surface area contributed by atoms with Gasteiger partial charge in [0.2, 0.25) is 0 Å². The summed E-state index contributed by atoms with van der Waals surface area (Å²) in [4.78, 5) is 3.77. The maximum Gasteiger partial charge on any atom is 0.417 e. The second-order valence-electron chi connectivity index (χ2n) is 3.85. The molecule has 0 saturated carbocycles. The van der Waals surface area contributed by atoms with Gasteiger partial charge < -0.3 is 5.73 Å². The highest BCUT2D eigenvalue weighted by molar-refractivity contribution is 7.99. The van der Waals surface area contributed by atoms with E-state index < -0.39 is 11.7 Å². The molecule has 0 radical (unpaired) electrons. The number of halogens is 3. The van der Waals surface area contributed by atoms with Crippen molar-refractivity contribution in [3.63, 3.8) is 0 Å². The number of thioether (sulfide) groups is 1. The Hall–Kier alpha value is -0.750. The lowest BCUT2D eigenvalue weighted by Gasteiger charge is -2.07. The molecular weight excluding hydrogens is 249 g/mol. The number of alkyl halides is 3. The van der Waals surface area contributed by atoms with E-state index in [1.165, 1.54) is 17.8 Å². The third kappa shape index (κ3) is 5.41. The van der Waals surface area contributed by atoms with Crippen LogP contribution in [0.1, 0.15) is 25.3 Å². The Morgan fingerprint density at radius 3 is 2.59 bits per heavy atom. The summed E-state index contributed by atoms with van der Waals surface area (Å²) in [5.74, 6) is 0.819. The first-order valence-corrected chi connectivity index (χ1v) is 6.30. The standard InChI is InChI=1S/C11H15F3N2S/c1-8(15)3-2-6-17-10-5-4-9(7-16-10)11(12,13)14/h4-5,7-8H,2-3,6,15H2,1H3. The normalized spacial score (nSPS) is 13.7. The molecule has 0 aliphatic rings. The number of rotatable bonds is 5. The van der Waals surface area contributed by atoms with Gasteiger partial charge in [0.05, 0.1) is 10.6 Å². The van der Waals surface area contributed by atoms with Gasteiger partial charge in [-0.1, -0.05) is 0 Å². The van der Waals surface area contributed by atoms with Gasteiger partial charge in [-0.3, -0.25) is 0 Å². The Labute approximate surface area is 103 Å². The molecule has 0 amide bonds. The number of hydrogen-bond acceptors (Lipinski definition) is 3. The molecule has 0 bridgehead atoms. The largest absolute Gasteiger partial charge is 0.417 e. The minimum Gasteiger partial charge on any atom is -0.328 e. The van der Waals surface area contributed by atoms with Gasteiger partial charge in [0.25, 0.3) is 0 Å². The van der Waals surface area contributed by atoms with Crippen molar-refractivity contribution in [3.05, 3.63) is 23.9 Å². The zero-order valence-corrected chi connectivity index (χ0v) is 10.3. The van der Waals surface area contributed by atoms with Gasteiger partial charge in [0, 0.05) is 12.2 Å². The van der Waals surface area contributed by atoms with E-state index in [9.17, 15) is 13.2 Å². The van der Waals surface area contributed by atoms with Gasteiger partial charge in [0.15, 0.2) is 0 Å². The molecule has 17 heavy (non-hydrogen) atoms. The Kier molecular flexibility index (Phi) is 5.27. The third-order valence-electron chi connectivity index (χ3n) is 2.12. The average Bonchev–Trinajstić information content (AvgIpc) is 2.23. The molecular formula is C11H15F3N2S. The van der Waals surface area contributed by atoms with Crippen molar-refractivity contribution in [2.24, 2.45) is 5.73 Å². The predicted molar refractivity (Wildman–Crippen MR) is 62.8 cm³/mol. The molecule has 96 valence electrons. The number of nitrogens with two attached hydrogens (primary N) is 1. The Morgan fingerprint density at radius 1 is 1.41 bits per heavy atom. The summed E-state index contributed by atoms with van der Waals surface area (Å²) in [5, 5.41) is 0.614. The summed E-state index contributed by atoms with van der Waals surface area (Å²) in [6.45, 7) is 1.93. The topological polar surface area (TPSA) is 38.9 Å². The SMILES string of the molecule is CC(N)CCCSc1ccc(C(F)(F)F)cn1. The van der Waals surface area contributed by atoms with E-state index in [1.54, 1.807) is 0 Å². The van der Waals surface area contributed by atoms with E-state index in [0.717, 1.165) is 30.9 Å². The van der Waals surface area contributed by atoms with E-state index in [0.29, 0.717) is 5.03 Å². The van der Waals surface area contributed by atoms with Crippen molar-refractivity contribution in [1.82, 2.24) is 4.98 Å². The lowest BCUT2D eigenvalue weighted by Crippen LogP contribution is -2.14. The van der Waals surface area contributed by atoms with Gasteiger partial charge in [-0.2, -0.15) is 13.2 Å². The number of aromatic nitrogens is 1. The van der Waals surface area contributed by atoms with Crippen LogP contribution in [-0.2, 0) is 6.18 Å². The zero-order chi connectivity index (χ0) is 12.9. The second-order valence-corrected chi connectivity index (χ2v) is 4.97. The molecule has 1 atom stereocenters. The van der Waals surface area contributed by atoms with E-state index in [2.05, 4.69) is 4.98 Å². The summed E-state index contributed by atoms with van der Waals surface area (Å²) in [5.41, 5.74) is 4.88. The van der Waals surface area contributed by atoms with Crippen LogP contribution in [-0.4, -0.2) is 16.8 Å². The van der Waals surface area contributed by atoms with Crippen LogP contribution in [0.4, 0.5) is 13.2 Å². The minimum atomic E-state index is -4.31. The minimum absolute atomic E-state index is 0.163. The first kappa shape index (κ1) is 14.3. The highest BCUT2D eigenvalue weighted by Gasteiger charge is 2.30. The fraction of sp³-hybridized carbons (Fsp3) is 0.545. The molecule has 0 spiro atoms. The lowest BCUT2D eigenvalue weighted by molar-refractivity contribution is -0.137. The van der Waals surface area contributed by atoms with Gasteiger partial charge in [-0.05, 0) is 37.7 Å². The predicted octanol–water partition coefficient (Wildman–Crippen LogP) is 3.32. The van der Waals surface area contributed by atoms with Crippen LogP contribution in [0.15, 0.2) is 23.4 Å². The quantitative estimate of drug-likeness (QED) is 0.655. The summed E-state index contributed by atoms with van der Waals surface area (Å²) in [7, 11) is 0. The first-order valence-electron chi connectivity index (χ1n) is 5.31. The molecule has 1 heterocycles. The molecule has 2 N–H and O–H groups in total. The van der Waals surface area contributed by atoms with Crippen LogP contribution < -0.4 is 5.73 Å². The maximum atomic E-state index is 12.3. The molecule has 2 nitrogen and oxygen atoms in total. The highest BCUT2D eigenvalue weighted by atomic mass is 32.2. The van der Waals surface area contributed by atoms with Gasteiger partial charge in [-0.15, -0.1) is 11.8 Å². The molecule has 0 aromatic carbocycles. The van der Waals surface area contributed by atoms with Gasteiger partial charge in [0.1, 0.15) is 0 Å². The molecule has 0 aliphatic heterocycles. The van der Waals surface area contributed by atoms with Crippen LogP contribution in [0.5, 0.6) is 0 Å². The molecule has 1 aromatic heterocycles. The van der Waals surface area contributed by atoms with Crippen LogP contribution in [0.25, 0.3) is 0 Å². The summed E-state index contributed by atoms with van der Waals surface area (Å²) < 4.78 is 36.8. The molecule has 1 rings (SSSR count). The fourth-order valence-corrected chi connectivity index (χ4v) is 2.03. The van der Waals surface area contributed by atoms with Crippen molar-refractivity contribution < 1.29 is 13.2 Å². The molecule has 1 aromatic rings. The Balaban J connectivity index is 2.41. The van der Waals surface area contributed by atoms with Crippen LogP contribution in [0.3, 0.4) is 0 Å². The number of hydrogen-bond donors (Lipinski definition) is 1. The maximum absolute atomic E-state index is 12.3. The molecule has 1 unspecified atom stereocenters. The number of pyridine rings is 1. The number of nitrogens with zero attached hydrogens (tertiary/aromatic N) is 1. The second kappa shape index (κ2) is 6.26. The smallest absolute Gasteiger partial charge is 0.328 e. The van der Waals surface area contributed by atoms with Gasteiger partial charge >= 0.3 is 6.18 Å². The van der Waals surface area contributed by atoms with Crippen molar-refractivity contribution in [2.45, 2.75) is 37.0 Å². The fourth-order valence-electron chi connectivity index (χ4n) is 1.22. The molecule has 0 saturated heterocycles. The molecule has 6 heteroatoms. The first-order chi connectivity index (χ1) is 7.89. The van der Waals surface area contributed by atoms with Crippen molar-refractivity contribution in [1.29, 1.82) is 0 Å². The van der Waals surface area contributed by atoms with E-state index >= 15 is 0 Å². The van der Waals surface area contributed by atoms with Crippen molar-refractivity contribution >= 4 is 11.8 Å². The van der Waals surface area contributed by atoms with Crippen LogP contribution >= 0.6 is 11.8 Å². The highest BCUT2D eigenvalue weighted by Crippen LogP contribution is 2.29. The van der Waals surface area contributed by atoms with Gasteiger partial charge in [-0.25, -0.2) is 4.98 Å². The molecule has 0 fully saturated rings. The summed E-state index contributed by atoms with van der Waals surface area (Å²) in [6.07, 6.45) is -1.60. The summed E-state index contributed by atoms with van der Waals surface area (Å²) >= 11 is 1.45. The lowest BCUT2D eigenvalue weighted by atomic mass is 10.2. The Bertz CT molecular complexity index is 336. The average molecular weight is 264 g/mol. The van der Waals surface area contributed by atoms with Crippen LogP contribution in [0, 0.1) is 0 Å². The zero-order valence-electron chi connectivity index (χ0n) is 9.50.